The normalized spacial score (nSPS) is 14.0. The monoisotopic (exact) mass is 1150 g/mol. The van der Waals surface area contributed by atoms with Crippen LogP contribution in [0.1, 0.15) is 316 Å². The molecule has 9 nitrogen and oxygen atoms in total. The van der Waals surface area contributed by atoms with Gasteiger partial charge in [-0.3, -0.25) is 14.2 Å². The number of nitrogens with one attached hydrogen (secondary N) is 1. The molecule has 0 saturated carbocycles. The Kier molecular flexibility index (Phi) is 58.7. The van der Waals surface area contributed by atoms with E-state index in [0.29, 0.717) is 17.4 Å². The molecule has 0 heterocycles. The number of nitrogens with zero attached hydrogens (tertiary/aromatic N) is 1. The number of unbranched alkanes of at least 4 members (excludes halogenated alkanes) is 36. The molecular formula is C71H131N2O7P. The Morgan fingerprint density at radius 2 is 0.753 bits per heavy atom. The third-order valence-corrected chi connectivity index (χ3v) is 16.1. The molecule has 3 unspecified atom stereocenters. The second-order valence-corrected chi connectivity index (χ2v) is 25.7. The molecule has 0 spiro atoms. The summed E-state index contributed by atoms with van der Waals surface area (Å²) in [6, 6.07) is -0.893. The lowest BCUT2D eigenvalue weighted by Gasteiger charge is -2.30. The zero-order valence-electron chi connectivity index (χ0n) is 54.0. The first-order chi connectivity index (χ1) is 39.4. The molecule has 10 heteroatoms. The first kappa shape index (κ1) is 78.5. The number of carbonyl (C=O) groups is 2. The summed E-state index contributed by atoms with van der Waals surface area (Å²) < 4.78 is 30.4. The average Bonchev–Trinajstić information content (AvgIpc) is 3.44. The average molecular weight is 1160 g/mol. The summed E-state index contributed by atoms with van der Waals surface area (Å²) in [6.07, 6.45) is 78.7. The molecule has 3 atom stereocenters. The fraction of sp³-hybridized carbons (Fsp3) is 0.803. The summed E-state index contributed by atoms with van der Waals surface area (Å²) in [5.74, 6) is -0.541. The van der Waals surface area contributed by atoms with Crippen LogP contribution in [0.3, 0.4) is 0 Å². The highest BCUT2D eigenvalue weighted by molar-refractivity contribution is 7.45. The van der Waals surface area contributed by atoms with Crippen LogP contribution in [-0.2, 0) is 27.9 Å². The number of phosphoric ester groups is 1. The summed E-state index contributed by atoms with van der Waals surface area (Å²) in [5, 5.41) is 3.04. The molecule has 0 radical (unpaired) electrons. The van der Waals surface area contributed by atoms with E-state index in [9.17, 15) is 19.0 Å². The molecule has 0 bridgehead atoms. The van der Waals surface area contributed by atoms with Crippen molar-refractivity contribution in [3.8, 4) is 0 Å². The van der Waals surface area contributed by atoms with Crippen molar-refractivity contribution >= 4 is 19.7 Å². The Balaban J connectivity index is 5.09. The van der Waals surface area contributed by atoms with Gasteiger partial charge in [0.25, 0.3) is 7.82 Å². The highest BCUT2D eigenvalue weighted by Gasteiger charge is 2.27. The number of amides is 1. The predicted octanol–water partition coefficient (Wildman–Crippen LogP) is 20.9. The minimum absolute atomic E-state index is 0.0247. The van der Waals surface area contributed by atoms with E-state index in [1.54, 1.807) is 0 Å². The molecular weight excluding hydrogens is 1020 g/mol. The second kappa shape index (κ2) is 60.6. The van der Waals surface area contributed by atoms with Crippen molar-refractivity contribution in [3.63, 3.8) is 0 Å². The quantitative estimate of drug-likeness (QED) is 0.0212. The van der Waals surface area contributed by atoms with Crippen LogP contribution in [0, 0.1) is 0 Å². The number of phosphoric acid groups is 1. The predicted molar refractivity (Wildman–Crippen MR) is 348 cm³/mol. The maximum absolute atomic E-state index is 13.6. The van der Waals surface area contributed by atoms with Crippen molar-refractivity contribution in [1.29, 1.82) is 0 Å². The number of rotatable bonds is 62. The molecule has 0 aliphatic carbocycles. The fourth-order valence-corrected chi connectivity index (χ4v) is 10.5. The minimum Gasteiger partial charge on any atom is -0.756 e. The van der Waals surface area contributed by atoms with Gasteiger partial charge in [0.1, 0.15) is 19.3 Å². The standard InChI is InChI=1S/C71H131N2O7P/c1-7-10-13-16-19-22-25-27-29-31-33-35-36-38-40-42-44-46-49-52-55-58-61-64-71(75)80-69(62-59-56-53-50-47-24-21-18-15-12-9-3)68(67-79-81(76,77)78-66-65-73(4,5)6)72-70(74)63-60-57-54-51-48-45-43-41-39-37-34-32-30-28-26-23-20-17-14-11-8-2/h19-20,22-23,27-30,33,35,59,62,68-69H,7-18,21,24-26,31-32,34,36-58,60-61,63-67H2,1-6H3,(H-,72,74,76,77)/b22-19-,23-20-,29-27-,30-28-,35-33-,62-59+. The number of carbonyl (C=O) groups excluding carboxylic acids is 2. The molecule has 0 aromatic heterocycles. The Hall–Kier alpha value is -2.55. The SMILES string of the molecule is CCCCC/C=C\C/C=C\C/C=C\CCCCCCCCCCCCC(=O)OC(/C=C/CCCCCCCCCCC)C(COP(=O)([O-])OCC[N+](C)(C)C)NC(=O)CCCCCCCCCCCCC/C=C\C/C=C\CCCCC. The summed E-state index contributed by atoms with van der Waals surface area (Å²) in [5.41, 5.74) is 0. The van der Waals surface area contributed by atoms with Gasteiger partial charge in [-0.1, -0.05) is 274 Å². The molecule has 81 heavy (non-hydrogen) atoms. The Morgan fingerprint density at radius 3 is 1.15 bits per heavy atom. The van der Waals surface area contributed by atoms with Crippen LogP contribution >= 0.6 is 7.82 Å². The van der Waals surface area contributed by atoms with Gasteiger partial charge in [0.15, 0.2) is 0 Å². The van der Waals surface area contributed by atoms with Crippen molar-refractivity contribution in [2.24, 2.45) is 0 Å². The molecule has 0 aliphatic rings. The lowest BCUT2D eigenvalue weighted by Crippen LogP contribution is -2.47. The van der Waals surface area contributed by atoms with Crippen molar-refractivity contribution in [2.75, 3.05) is 40.9 Å². The fourth-order valence-electron chi connectivity index (χ4n) is 9.80. The maximum Gasteiger partial charge on any atom is 0.306 e. The number of hydrogen-bond acceptors (Lipinski definition) is 7. The van der Waals surface area contributed by atoms with Crippen molar-refractivity contribution in [2.45, 2.75) is 328 Å². The first-order valence-electron chi connectivity index (χ1n) is 34.2. The van der Waals surface area contributed by atoms with Crippen LogP contribution in [0.4, 0.5) is 0 Å². The van der Waals surface area contributed by atoms with Crippen LogP contribution in [0.5, 0.6) is 0 Å². The molecule has 1 N–H and O–H groups in total. The molecule has 0 saturated heterocycles. The van der Waals surface area contributed by atoms with Gasteiger partial charge < -0.3 is 28.5 Å². The Labute approximate surface area is 502 Å². The number of hydrogen-bond donors (Lipinski definition) is 1. The topological polar surface area (TPSA) is 114 Å². The summed E-state index contributed by atoms with van der Waals surface area (Å²) in [7, 11) is 1.18. The Bertz CT molecular complexity index is 1620. The van der Waals surface area contributed by atoms with E-state index in [4.69, 9.17) is 13.8 Å². The second-order valence-electron chi connectivity index (χ2n) is 24.3. The number of allylic oxidation sites excluding steroid dienone is 11. The van der Waals surface area contributed by atoms with E-state index in [-0.39, 0.29) is 24.9 Å². The van der Waals surface area contributed by atoms with E-state index in [1.807, 2.05) is 33.3 Å². The molecule has 0 rings (SSSR count). The lowest BCUT2D eigenvalue weighted by atomic mass is 10.0. The van der Waals surface area contributed by atoms with E-state index in [2.05, 4.69) is 86.8 Å². The molecule has 0 aromatic carbocycles. The largest absolute Gasteiger partial charge is 0.756 e. The van der Waals surface area contributed by atoms with Gasteiger partial charge in [0, 0.05) is 12.8 Å². The van der Waals surface area contributed by atoms with Gasteiger partial charge in [-0.05, 0) is 102 Å². The van der Waals surface area contributed by atoms with E-state index in [0.717, 1.165) is 77.0 Å². The lowest BCUT2D eigenvalue weighted by molar-refractivity contribution is -0.870. The number of ether oxygens (including phenoxy) is 1. The van der Waals surface area contributed by atoms with E-state index in [1.165, 1.54) is 205 Å². The van der Waals surface area contributed by atoms with Gasteiger partial charge in [-0.15, -0.1) is 0 Å². The van der Waals surface area contributed by atoms with E-state index >= 15 is 0 Å². The van der Waals surface area contributed by atoms with Gasteiger partial charge in [0.05, 0.1) is 33.8 Å². The molecule has 0 fully saturated rings. The van der Waals surface area contributed by atoms with Gasteiger partial charge in [-0.2, -0.15) is 0 Å². The van der Waals surface area contributed by atoms with Crippen LogP contribution in [0.2, 0.25) is 0 Å². The smallest absolute Gasteiger partial charge is 0.306 e. The van der Waals surface area contributed by atoms with Crippen LogP contribution in [0.25, 0.3) is 0 Å². The number of likely N-dealkylation sites (N-methyl/N-ethyl adjacent to an activating group) is 1. The third kappa shape index (κ3) is 61.8. The Morgan fingerprint density at radius 1 is 0.432 bits per heavy atom. The van der Waals surface area contributed by atoms with Gasteiger partial charge >= 0.3 is 5.97 Å². The zero-order valence-corrected chi connectivity index (χ0v) is 54.9. The molecule has 0 aromatic rings. The third-order valence-electron chi connectivity index (χ3n) is 15.1. The van der Waals surface area contributed by atoms with Crippen LogP contribution in [-0.4, -0.2) is 69.4 Å². The molecule has 472 valence electrons. The van der Waals surface area contributed by atoms with Crippen molar-refractivity contribution in [1.82, 2.24) is 5.32 Å². The summed E-state index contributed by atoms with van der Waals surface area (Å²) >= 11 is 0. The maximum atomic E-state index is 13.6. The summed E-state index contributed by atoms with van der Waals surface area (Å²) in [6.45, 7) is 6.81. The molecule has 1 amide bonds. The highest BCUT2D eigenvalue weighted by atomic mass is 31.2. The van der Waals surface area contributed by atoms with Crippen LogP contribution < -0.4 is 10.2 Å². The molecule has 0 aliphatic heterocycles. The number of esters is 1. The van der Waals surface area contributed by atoms with Crippen molar-refractivity contribution < 1.29 is 37.3 Å². The van der Waals surface area contributed by atoms with Gasteiger partial charge in [0.2, 0.25) is 5.91 Å². The first-order valence-corrected chi connectivity index (χ1v) is 35.7. The van der Waals surface area contributed by atoms with E-state index < -0.39 is 26.6 Å². The van der Waals surface area contributed by atoms with Crippen LogP contribution in [0.15, 0.2) is 72.9 Å². The van der Waals surface area contributed by atoms with Gasteiger partial charge in [-0.25, -0.2) is 0 Å². The van der Waals surface area contributed by atoms with Crippen molar-refractivity contribution in [3.05, 3.63) is 72.9 Å². The highest BCUT2D eigenvalue weighted by Crippen LogP contribution is 2.38. The minimum atomic E-state index is -4.70. The number of quaternary nitrogens is 1. The summed E-state index contributed by atoms with van der Waals surface area (Å²) in [4.78, 5) is 40.1. The zero-order chi connectivity index (χ0) is 59.3.